The van der Waals surface area contributed by atoms with Crippen molar-refractivity contribution in [1.29, 1.82) is 0 Å². The van der Waals surface area contributed by atoms with E-state index in [0.29, 0.717) is 30.3 Å². The quantitative estimate of drug-likeness (QED) is 0.277. The summed E-state index contributed by atoms with van der Waals surface area (Å²) in [6, 6.07) is 0. The molecular weight excluding hydrogens is 268 g/mol. The zero-order valence-corrected chi connectivity index (χ0v) is 11.4. The Morgan fingerprint density at radius 1 is 1.19 bits per heavy atom. The third-order valence-electron chi connectivity index (χ3n) is 1.44. The number of ether oxygens (including phenoxy) is 1. The van der Waals surface area contributed by atoms with E-state index < -0.39 is 5.97 Å². The highest BCUT2D eigenvalue weighted by Gasteiger charge is 2.03. The van der Waals surface area contributed by atoms with Crippen LogP contribution in [0, 0.1) is 0 Å². The van der Waals surface area contributed by atoms with Crippen molar-refractivity contribution in [1.82, 2.24) is 0 Å². The van der Waals surface area contributed by atoms with Crippen molar-refractivity contribution in [3.8, 4) is 0 Å². The van der Waals surface area contributed by atoms with Crippen molar-refractivity contribution in [2.75, 3.05) is 23.9 Å². The molecule has 0 unspecified atom stereocenters. The highest BCUT2D eigenvalue weighted by atomic mass is 33.1. The van der Waals surface area contributed by atoms with E-state index in [9.17, 15) is 9.59 Å². The van der Waals surface area contributed by atoms with Crippen LogP contribution < -0.4 is 0 Å². The van der Waals surface area contributed by atoms with Gasteiger partial charge in [-0.05, 0) is 12.2 Å². The monoisotopic (exact) mass is 284 g/mol. The van der Waals surface area contributed by atoms with Crippen LogP contribution >= 0.6 is 34.2 Å². The molecule has 0 saturated carbocycles. The summed E-state index contributed by atoms with van der Waals surface area (Å²) in [6.07, 6.45) is 1.30. The van der Waals surface area contributed by atoms with Gasteiger partial charge in [-0.2, -0.15) is 12.6 Å². The Morgan fingerprint density at radius 3 is 2.38 bits per heavy atom. The van der Waals surface area contributed by atoms with Gasteiger partial charge in [-0.25, -0.2) is 0 Å². The number of carboxylic acid groups (broad SMARTS) is 1. The van der Waals surface area contributed by atoms with Crippen LogP contribution in [0.2, 0.25) is 0 Å². The molecule has 0 saturated heterocycles. The molecular formula is C9H16O4S3. The molecule has 94 valence electrons. The topological polar surface area (TPSA) is 63.6 Å². The molecule has 0 aliphatic carbocycles. The fraction of sp³-hybridized carbons (Fsp3) is 0.778. The fourth-order valence-electron chi connectivity index (χ4n) is 0.695. The highest BCUT2D eigenvalue weighted by molar-refractivity contribution is 8.76. The number of hydrogen-bond donors (Lipinski definition) is 2. The molecule has 0 heterocycles. The maximum atomic E-state index is 11.1. The largest absolute Gasteiger partial charge is 0.481 e. The average molecular weight is 284 g/mol. The number of esters is 1. The van der Waals surface area contributed by atoms with Crippen molar-refractivity contribution < 1.29 is 19.4 Å². The summed E-state index contributed by atoms with van der Waals surface area (Å²) in [5.41, 5.74) is 0. The lowest BCUT2D eigenvalue weighted by Crippen LogP contribution is -2.06. The second-order valence-corrected chi connectivity index (χ2v) is 5.98. The standard InChI is InChI=1S/C9H16O4S3/c10-8(11)2-6-15-16-7-3-9(12)13-4-1-5-14/h14H,1-7H2,(H,10,11). The van der Waals surface area contributed by atoms with E-state index in [1.807, 2.05) is 0 Å². The fourth-order valence-corrected chi connectivity index (χ4v) is 2.77. The first-order chi connectivity index (χ1) is 7.66. The Morgan fingerprint density at radius 2 is 1.81 bits per heavy atom. The highest BCUT2D eigenvalue weighted by Crippen LogP contribution is 2.22. The molecule has 0 spiro atoms. The Bertz CT molecular complexity index is 211. The van der Waals surface area contributed by atoms with Crippen LogP contribution in [0.15, 0.2) is 0 Å². The van der Waals surface area contributed by atoms with E-state index in [4.69, 9.17) is 9.84 Å². The van der Waals surface area contributed by atoms with Gasteiger partial charge >= 0.3 is 11.9 Å². The molecule has 0 aliphatic heterocycles. The summed E-state index contributed by atoms with van der Waals surface area (Å²) in [5.74, 6) is 0.943. The van der Waals surface area contributed by atoms with E-state index in [1.165, 1.54) is 21.6 Å². The number of hydrogen-bond acceptors (Lipinski definition) is 6. The van der Waals surface area contributed by atoms with E-state index in [2.05, 4.69) is 12.6 Å². The molecule has 0 aromatic carbocycles. The maximum absolute atomic E-state index is 11.1. The zero-order valence-electron chi connectivity index (χ0n) is 8.89. The molecule has 4 nitrogen and oxygen atoms in total. The number of carbonyl (C=O) groups is 2. The summed E-state index contributed by atoms with van der Waals surface area (Å²) in [5, 5.41) is 8.38. The SMILES string of the molecule is O=C(O)CCSSCCC(=O)OCCCS. The Hall–Kier alpha value is -0.0100. The molecule has 0 bridgehead atoms. The summed E-state index contributed by atoms with van der Waals surface area (Å²) in [4.78, 5) is 21.3. The van der Waals surface area contributed by atoms with Crippen molar-refractivity contribution in [3.05, 3.63) is 0 Å². The average Bonchev–Trinajstić information content (AvgIpc) is 2.23. The lowest BCUT2D eigenvalue weighted by Gasteiger charge is -2.02. The third kappa shape index (κ3) is 12.1. The summed E-state index contributed by atoms with van der Waals surface area (Å²) in [7, 11) is 2.97. The minimum absolute atomic E-state index is 0.157. The van der Waals surface area contributed by atoms with Crippen LogP contribution in [0.3, 0.4) is 0 Å². The zero-order chi connectivity index (χ0) is 12.2. The summed E-state index contributed by atoms with van der Waals surface area (Å²) in [6.45, 7) is 0.430. The second-order valence-electron chi connectivity index (χ2n) is 2.84. The van der Waals surface area contributed by atoms with Gasteiger partial charge in [0.25, 0.3) is 0 Å². The second kappa shape index (κ2) is 11.5. The van der Waals surface area contributed by atoms with Crippen molar-refractivity contribution in [2.24, 2.45) is 0 Å². The molecule has 0 fully saturated rings. The van der Waals surface area contributed by atoms with Crippen LogP contribution in [0.5, 0.6) is 0 Å². The third-order valence-corrected chi connectivity index (χ3v) is 4.16. The predicted molar refractivity (Wildman–Crippen MR) is 71.2 cm³/mol. The molecule has 0 aromatic heterocycles. The number of aliphatic carboxylic acids is 1. The van der Waals surface area contributed by atoms with E-state index in [1.54, 1.807) is 0 Å². The molecule has 1 N–H and O–H groups in total. The first-order valence-electron chi connectivity index (χ1n) is 4.89. The van der Waals surface area contributed by atoms with Gasteiger partial charge in [0.15, 0.2) is 0 Å². The van der Waals surface area contributed by atoms with E-state index in [-0.39, 0.29) is 12.4 Å². The van der Waals surface area contributed by atoms with Gasteiger partial charge in [0.1, 0.15) is 0 Å². The Balaban J connectivity index is 3.18. The molecule has 0 rings (SSSR count). The van der Waals surface area contributed by atoms with Gasteiger partial charge in [0.2, 0.25) is 0 Å². The first-order valence-corrected chi connectivity index (χ1v) is 8.01. The van der Waals surface area contributed by atoms with Crippen LogP contribution in [-0.2, 0) is 14.3 Å². The normalized spacial score (nSPS) is 10.1. The van der Waals surface area contributed by atoms with Crippen LogP contribution in [-0.4, -0.2) is 40.9 Å². The predicted octanol–water partition coefficient (Wildman–Crippen LogP) is 2.10. The van der Waals surface area contributed by atoms with Gasteiger partial charge < -0.3 is 9.84 Å². The molecule has 0 amide bonds. The number of carboxylic acids is 1. The summed E-state index contributed by atoms with van der Waals surface area (Å²) >= 11 is 4.00. The number of rotatable bonds is 10. The van der Waals surface area contributed by atoms with E-state index in [0.717, 1.165) is 6.42 Å². The first kappa shape index (κ1) is 16.0. The smallest absolute Gasteiger partial charge is 0.306 e. The van der Waals surface area contributed by atoms with Crippen LogP contribution in [0.1, 0.15) is 19.3 Å². The van der Waals surface area contributed by atoms with Gasteiger partial charge in [-0.15, -0.1) is 0 Å². The molecule has 0 atom stereocenters. The molecule has 7 heteroatoms. The van der Waals surface area contributed by atoms with Crippen molar-refractivity contribution in [2.45, 2.75) is 19.3 Å². The number of carbonyl (C=O) groups excluding carboxylic acids is 1. The maximum Gasteiger partial charge on any atom is 0.306 e. The van der Waals surface area contributed by atoms with Crippen molar-refractivity contribution >= 4 is 46.2 Å². The lowest BCUT2D eigenvalue weighted by molar-refractivity contribution is -0.143. The van der Waals surface area contributed by atoms with Gasteiger partial charge in [0.05, 0.1) is 19.4 Å². The van der Waals surface area contributed by atoms with Gasteiger partial charge in [-0.3, -0.25) is 9.59 Å². The molecule has 16 heavy (non-hydrogen) atoms. The van der Waals surface area contributed by atoms with Crippen LogP contribution in [0.4, 0.5) is 0 Å². The van der Waals surface area contributed by atoms with Gasteiger partial charge in [0, 0.05) is 11.5 Å². The van der Waals surface area contributed by atoms with Crippen molar-refractivity contribution in [3.63, 3.8) is 0 Å². The number of thiol groups is 1. The van der Waals surface area contributed by atoms with E-state index >= 15 is 0 Å². The lowest BCUT2D eigenvalue weighted by atomic mass is 10.5. The minimum atomic E-state index is -0.792. The summed E-state index contributed by atoms with van der Waals surface area (Å²) < 4.78 is 4.92. The molecule has 0 aromatic rings. The molecule has 0 aliphatic rings. The van der Waals surface area contributed by atoms with Gasteiger partial charge in [-0.1, -0.05) is 21.6 Å². The Kier molecular flexibility index (Phi) is 11.5. The Labute approximate surface area is 109 Å². The molecule has 0 radical (unpaired) electrons. The van der Waals surface area contributed by atoms with Crippen LogP contribution in [0.25, 0.3) is 0 Å². The minimum Gasteiger partial charge on any atom is -0.481 e.